The summed E-state index contributed by atoms with van der Waals surface area (Å²) in [5.41, 5.74) is 2.77. The van der Waals surface area contributed by atoms with Crippen LogP contribution in [0.5, 0.6) is 0 Å². The smallest absolute Gasteiger partial charge is 0.356 e. The number of hydrogen-bond acceptors (Lipinski definition) is 6. The lowest BCUT2D eigenvalue weighted by atomic mass is 10.3. The van der Waals surface area contributed by atoms with E-state index >= 15 is 0 Å². The predicted molar refractivity (Wildman–Crippen MR) is 87.5 cm³/mol. The van der Waals surface area contributed by atoms with Gasteiger partial charge in [0.1, 0.15) is 0 Å². The van der Waals surface area contributed by atoms with E-state index in [1.54, 1.807) is 29.1 Å². The number of nitrogens with one attached hydrogen (secondary N) is 1. The van der Waals surface area contributed by atoms with Crippen molar-refractivity contribution >= 4 is 34.2 Å². The van der Waals surface area contributed by atoms with E-state index < -0.39 is 5.97 Å². The molecule has 8 nitrogen and oxygen atoms in total. The fourth-order valence-electron chi connectivity index (χ4n) is 2.50. The van der Waals surface area contributed by atoms with Crippen molar-refractivity contribution < 1.29 is 9.90 Å². The Kier molecular flexibility index (Phi) is 3.09. The van der Waals surface area contributed by atoms with Crippen LogP contribution in [0.2, 0.25) is 0 Å². The highest BCUT2D eigenvalue weighted by Crippen LogP contribution is 2.23. The molecule has 4 aromatic heterocycles. The first-order valence-corrected chi connectivity index (χ1v) is 7.17. The summed E-state index contributed by atoms with van der Waals surface area (Å²) in [7, 11) is 0. The van der Waals surface area contributed by atoms with Crippen LogP contribution in [0, 0.1) is 6.92 Å². The number of aromatic nitrogens is 5. The van der Waals surface area contributed by atoms with Gasteiger partial charge in [-0.25, -0.2) is 14.8 Å². The van der Waals surface area contributed by atoms with E-state index in [9.17, 15) is 9.90 Å². The van der Waals surface area contributed by atoms with Crippen LogP contribution in [-0.4, -0.2) is 35.4 Å². The lowest BCUT2D eigenvalue weighted by Gasteiger charge is -2.10. The standard InChI is InChI=1S/C16H12N6O2/c1-9-6-10(2-5-18-9)19-16-21-12-3-4-17-7-11(12)14-20-13(15(23)24)8-22(14)16/h2-8H,1H3,(H,23,24)(H,18,19,21). The summed E-state index contributed by atoms with van der Waals surface area (Å²) in [6.45, 7) is 1.89. The topological polar surface area (TPSA) is 105 Å². The first-order chi connectivity index (χ1) is 11.6. The van der Waals surface area contributed by atoms with Crippen molar-refractivity contribution in [2.75, 3.05) is 5.32 Å². The van der Waals surface area contributed by atoms with Gasteiger partial charge in [-0.1, -0.05) is 0 Å². The van der Waals surface area contributed by atoms with E-state index in [-0.39, 0.29) is 5.69 Å². The highest BCUT2D eigenvalue weighted by Gasteiger charge is 2.15. The second kappa shape index (κ2) is 5.27. The number of imidazole rings is 1. The number of nitrogens with zero attached hydrogens (tertiary/aromatic N) is 5. The molecule has 0 aliphatic carbocycles. The Labute approximate surface area is 135 Å². The van der Waals surface area contributed by atoms with E-state index in [1.165, 1.54) is 6.20 Å². The molecule has 4 rings (SSSR count). The van der Waals surface area contributed by atoms with Crippen LogP contribution < -0.4 is 5.32 Å². The molecule has 0 radical (unpaired) electrons. The maximum atomic E-state index is 11.3. The van der Waals surface area contributed by atoms with E-state index in [4.69, 9.17) is 0 Å². The third kappa shape index (κ3) is 2.30. The number of aryl methyl sites for hydroxylation is 1. The van der Waals surface area contributed by atoms with E-state index in [0.717, 1.165) is 11.4 Å². The fourth-order valence-corrected chi connectivity index (χ4v) is 2.50. The number of fused-ring (bicyclic) bond motifs is 3. The zero-order valence-electron chi connectivity index (χ0n) is 12.6. The highest BCUT2D eigenvalue weighted by molar-refractivity contribution is 5.95. The van der Waals surface area contributed by atoms with Crippen molar-refractivity contribution in [2.45, 2.75) is 6.92 Å². The second-order valence-electron chi connectivity index (χ2n) is 5.26. The molecule has 4 heterocycles. The highest BCUT2D eigenvalue weighted by atomic mass is 16.4. The molecule has 0 fully saturated rings. The molecule has 0 aromatic carbocycles. The summed E-state index contributed by atoms with van der Waals surface area (Å²) in [6, 6.07) is 5.44. The van der Waals surface area contributed by atoms with Crippen LogP contribution in [0.1, 0.15) is 16.2 Å². The lowest BCUT2D eigenvalue weighted by Crippen LogP contribution is -2.02. The molecule has 8 heteroatoms. The first-order valence-electron chi connectivity index (χ1n) is 7.17. The molecular weight excluding hydrogens is 308 g/mol. The van der Waals surface area contributed by atoms with Crippen LogP contribution in [0.3, 0.4) is 0 Å². The molecule has 118 valence electrons. The van der Waals surface area contributed by atoms with Gasteiger partial charge in [-0.2, -0.15) is 0 Å². The summed E-state index contributed by atoms with van der Waals surface area (Å²) < 4.78 is 1.61. The maximum Gasteiger partial charge on any atom is 0.356 e. The molecule has 0 spiro atoms. The summed E-state index contributed by atoms with van der Waals surface area (Å²) >= 11 is 0. The number of carbonyl (C=O) groups is 1. The van der Waals surface area contributed by atoms with E-state index in [1.807, 2.05) is 19.1 Å². The van der Waals surface area contributed by atoms with Crippen molar-refractivity contribution in [3.63, 3.8) is 0 Å². The zero-order chi connectivity index (χ0) is 16.7. The summed E-state index contributed by atoms with van der Waals surface area (Å²) in [6.07, 6.45) is 6.38. The number of carboxylic acid groups (broad SMARTS) is 1. The lowest BCUT2D eigenvalue weighted by molar-refractivity contribution is 0.0691. The molecular formula is C16H12N6O2. The molecule has 24 heavy (non-hydrogen) atoms. The molecule has 0 aliphatic heterocycles. The minimum Gasteiger partial charge on any atom is -0.476 e. The third-order valence-corrected chi connectivity index (χ3v) is 3.57. The Hall–Kier alpha value is -3.55. The van der Waals surface area contributed by atoms with Gasteiger partial charge in [0.25, 0.3) is 0 Å². The van der Waals surface area contributed by atoms with E-state index in [2.05, 4.69) is 25.3 Å². The third-order valence-electron chi connectivity index (χ3n) is 3.57. The minimum atomic E-state index is -1.10. The number of anilines is 2. The zero-order valence-corrected chi connectivity index (χ0v) is 12.6. The summed E-state index contributed by atoms with van der Waals surface area (Å²) in [5.74, 6) is -0.629. The van der Waals surface area contributed by atoms with Gasteiger partial charge in [-0.3, -0.25) is 14.4 Å². The molecule has 0 saturated carbocycles. The first kappa shape index (κ1) is 14.1. The van der Waals surface area contributed by atoms with Crippen molar-refractivity contribution in [1.29, 1.82) is 0 Å². The number of carboxylic acids is 1. The monoisotopic (exact) mass is 320 g/mol. The molecule has 0 amide bonds. The van der Waals surface area contributed by atoms with E-state index in [0.29, 0.717) is 22.5 Å². The van der Waals surface area contributed by atoms with Gasteiger partial charge in [0, 0.05) is 36.2 Å². The number of pyridine rings is 2. The largest absolute Gasteiger partial charge is 0.476 e. The Morgan fingerprint density at radius 2 is 2.12 bits per heavy atom. The van der Waals surface area contributed by atoms with Crippen LogP contribution in [0.15, 0.2) is 43.0 Å². The van der Waals surface area contributed by atoms with Crippen LogP contribution >= 0.6 is 0 Å². The quantitative estimate of drug-likeness (QED) is 0.597. The molecule has 0 atom stereocenters. The van der Waals surface area contributed by atoms with Gasteiger partial charge in [-0.05, 0) is 25.1 Å². The van der Waals surface area contributed by atoms with Crippen LogP contribution in [0.4, 0.5) is 11.6 Å². The van der Waals surface area contributed by atoms with Gasteiger partial charge in [0.2, 0.25) is 5.95 Å². The van der Waals surface area contributed by atoms with Crippen molar-refractivity contribution in [2.24, 2.45) is 0 Å². The molecule has 0 unspecified atom stereocenters. The summed E-state index contributed by atoms with van der Waals surface area (Å²) in [5, 5.41) is 13.1. The average Bonchev–Trinajstić information content (AvgIpc) is 3.01. The molecule has 2 N–H and O–H groups in total. The van der Waals surface area contributed by atoms with Crippen LogP contribution in [0.25, 0.3) is 16.6 Å². The van der Waals surface area contributed by atoms with Gasteiger partial charge >= 0.3 is 5.97 Å². The van der Waals surface area contributed by atoms with Crippen LogP contribution in [-0.2, 0) is 0 Å². The van der Waals surface area contributed by atoms with Gasteiger partial charge in [0.05, 0.1) is 10.9 Å². The Balaban J connectivity index is 1.96. The molecule has 0 saturated heterocycles. The number of hydrogen-bond donors (Lipinski definition) is 2. The Morgan fingerprint density at radius 3 is 2.92 bits per heavy atom. The maximum absolute atomic E-state index is 11.3. The van der Waals surface area contributed by atoms with Crippen molar-refractivity contribution in [3.05, 3.63) is 54.4 Å². The minimum absolute atomic E-state index is 0.0536. The van der Waals surface area contributed by atoms with Gasteiger partial charge in [0.15, 0.2) is 11.3 Å². The molecule has 0 aliphatic rings. The number of rotatable bonds is 3. The Morgan fingerprint density at radius 1 is 1.25 bits per heavy atom. The Bertz CT molecular complexity index is 1090. The van der Waals surface area contributed by atoms with Gasteiger partial charge < -0.3 is 10.4 Å². The normalized spacial score (nSPS) is 11.0. The summed E-state index contributed by atoms with van der Waals surface area (Å²) in [4.78, 5) is 28.3. The number of aromatic carboxylic acids is 1. The average molecular weight is 320 g/mol. The van der Waals surface area contributed by atoms with Gasteiger partial charge in [-0.15, -0.1) is 0 Å². The van der Waals surface area contributed by atoms with Crippen molar-refractivity contribution in [3.8, 4) is 0 Å². The molecule has 0 bridgehead atoms. The second-order valence-corrected chi connectivity index (χ2v) is 5.26. The SMILES string of the molecule is Cc1cc(Nc2nc3ccncc3c3nc(C(=O)O)cn23)ccn1. The molecule has 4 aromatic rings. The predicted octanol–water partition coefficient (Wildman–Crippen LogP) is 2.42. The van der Waals surface area contributed by atoms with Crippen molar-refractivity contribution in [1.82, 2.24) is 24.3 Å². The fraction of sp³-hybridized carbons (Fsp3) is 0.0625.